The van der Waals surface area contributed by atoms with Crippen LogP contribution in [0.15, 0.2) is 29.4 Å². The first-order valence-electron chi connectivity index (χ1n) is 5.77. The summed E-state index contributed by atoms with van der Waals surface area (Å²) in [6.45, 7) is 0. The number of carbonyl (C=O) groups excluding carboxylic acids is 1. The number of nitrogens with one attached hydrogen (secondary N) is 2. The molecule has 0 aliphatic rings. The van der Waals surface area contributed by atoms with Gasteiger partial charge in [-0.1, -0.05) is 0 Å². The molecule has 2 heterocycles. The van der Waals surface area contributed by atoms with E-state index in [-0.39, 0.29) is 4.90 Å². The van der Waals surface area contributed by atoms with Gasteiger partial charge in [0.15, 0.2) is 0 Å². The van der Waals surface area contributed by atoms with Crippen LogP contribution in [0.5, 0.6) is 0 Å². The van der Waals surface area contributed by atoms with Gasteiger partial charge in [-0.25, -0.2) is 13.4 Å². The zero-order valence-electron chi connectivity index (χ0n) is 10.6. The molecule has 0 fully saturated rings. The second kappa shape index (κ2) is 5.50. The lowest BCUT2D eigenvalue weighted by atomic mass is 10.2. The van der Waals surface area contributed by atoms with Crippen molar-refractivity contribution >= 4 is 32.9 Å². The van der Waals surface area contributed by atoms with Crippen molar-refractivity contribution in [2.24, 2.45) is 5.73 Å². The first-order chi connectivity index (χ1) is 9.81. The third kappa shape index (κ3) is 3.17. The Bertz CT molecular complexity index is 798. The Labute approximate surface area is 119 Å². The number of nitrogens with zero attached hydrogens (tertiary/aromatic N) is 1. The quantitative estimate of drug-likeness (QED) is 0.545. The first kappa shape index (κ1) is 14.9. The molecule has 2 aromatic rings. The van der Waals surface area contributed by atoms with E-state index in [2.05, 4.69) is 9.97 Å². The van der Waals surface area contributed by atoms with Gasteiger partial charge in [-0.05, 0) is 12.1 Å². The van der Waals surface area contributed by atoms with Gasteiger partial charge in [-0.3, -0.25) is 9.59 Å². The van der Waals surface area contributed by atoms with Crippen LogP contribution in [0.1, 0.15) is 6.42 Å². The highest BCUT2D eigenvalue weighted by atomic mass is 32.2. The average Bonchev–Trinajstić information content (AvgIpc) is 2.81. The summed E-state index contributed by atoms with van der Waals surface area (Å²) in [5.74, 6) is -2.42. The van der Waals surface area contributed by atoms with Gasteiger partial charge in [-0.2, -0.15) is 4.72 Å². The maximum absolute atomic E-state index is 12.2. The number of carboxylic acid groups (broad SMARTS) is 1. The summed E-state index contributed by atoms with van der Waals surface area (Å²) >= 11 is 0. The van der Waals surface area contributed by atoms with Crippen LogP contribution >= 0.6 is 0 Å². The lowest BCUT2D eigenvalue weighted by molar-refractivity contribution is -0.140. The molecule has 9 nitrogen and oxygen atoms in total. The number of pyridine rings is 1. The molecule has 2 aromatic heterocycles. The molecule has 2 rings (SSSR count). The lowest BCUT2D eigenvalue weighted by Crippen LogP contribution is -2.43. The zero-order chi connectivity index (χ0) is 15.6. The Hall–Kier alpha value is -2.46. The predicted molar refractivity (Wildman–Crippen MR) is 71.7 cm³/mol. The van der Waals surface area contributed by atoms with Gasteiger partial charge in [0.25, 0.3) is 0 Å². The number of hydrogen-bond acceptors (Lipinski definition) is 5. The Morgan fingerprint density at radius 2 is 2.19 bits per heavy atom. The first-order valence-corrected chi connectivity index (χ1v) is 7.25. The third-order valence-electron chi connectivity index (χ3n) is 2.70. The number of nitrogens with two attached hydrogens (primary N) is 1. The van der Waals surface area contributed by atoms with Crippen molar-refractivity contribution in [2.75, 3.05) is 0 Å². The molecule has 0 bridgehead atoms. The summed E-state index contributed by atoms with van der Waals surface area (Å²) in [7, 11) is -4.14. The summed E-state index contributed by atoms with van der Waals surface area (Å²) in [5, 5.41) is 9.25. The van der Waals surface area contributed by atoms with E-state index in [1.807, 2.05) is 4.72 Å². The minimum atomic E-state index is -4.14. The normalized spacial score (nSPS) is 13.1. The highest BCUT2D eigenvalue weighted by molar-refractivity contribution is 7.89. The van der Waals surface area contributed by atoms with E-state index in [4.69, 9.17) is 10.8 Å². The Morgan fingerprint density at radius 3 is 2.81 bits per heavy atom. The van der Waals surface area contributed by atoms with Crippen LogP contribution in [0.3, 0.4) is 0 Å². The molecule has 0 spiro atoms. The Kier molecular flexibility index (Phi) is 3.91. The van der Waals surface area contributed by atoms with E-state index < -0.39 is 34.4 Å². The van der Waals surface area contributed by atoms with Crippen LogP contribution in [-0.2, 0) is 19.6 Å². The molecule has 1 amide bonds. The van der Waals surface area contributed by atoms with Crippen LogP contribution in [0.4, 0.5) is 0 Å². The number of aromatic nitrogens is 2. The van der Waals surface area contributed by atoms with Gasteiger partial charge in [0.1, 0.15) is 16.6 Å². The third-order valence-corrected chi connectivity index (χ3v) is 4.22. The van der Waals surface area contributed by atoms with Crippen molar-refractivity contribution in [3.8, 4) is 0 Å². The number of primary amides is 1. The van der Waals surface area contributed by atoms with Crippen LogP contribution in [0, 0.1) is 0 Å². The highest BCUT2D eigenvalue weighted by Gasteiger charge is 2.28. The molecule has 1 atom stereocenters. The monoisotopic (exact) mass is 312 g/mol. The van der Waals surface area contributed by atoms with E-state index in [0.717, 1.165) is 0 Å². The van der Waals surface area contributed by atoms with Crippen molar-refractivity contribution in [3.05, 3.63) is 24.5 Å². The number of carbonyl (C=O) groups is 2. The fraction of sp³-hybridized carbons (Fsp3) is 0.182. The molecular formula is C11H12N4O5S. The van der Waals surface area contributed by atoms with Gasteiger partial charge in [0, 0.05) is 17.8 Å². The van der Waals surface area contributed by atoms with Crippen LogP contribution in [-0.4, -0.2) is 41.4 Å². The van der Waals surface area contributed by atoms with Crippen LogP contribution in [0.25, 0.3) is 11.0 Å². The summed E-state index contributed by atoms with van der Waals surface area (Å²) in [5.41, 5.74) is 5.25. The van der Waals surface area contributed by atoms with Gasteiger partial charge < -0.3 is 15.8 Å². The molecule has 21 heavy (non-hydrogen) atoms. The summed E-state index contributed by atoms with van der Waals surface area (Å²) in [4.78, 5) is 28.3. The summed E-state index contributed by atoms with van der Waals surface area (Å²) < 4.78 is 26.4. The number of amides is 1. The number of aliphatic carboxylic acids is 1. The molecule has 5 N–H and O–H groups in total. The van der Waals surface area contributed by atoms with Crippen LogP contribution < -0.4 is 10.5 Å². The molecule has 0 aromatic carbocycles. The minimum Gasteiger partial charge on any atom is -0.480 e. The fourth-order valence-corrected chi connectivity index (χ4v) is 3.14. The molecule has 10 heteroatoms. The van der Waals surface area contributed by atoms with E-state index in [9.17, 15) is 18.0 Å². The van der Waals surface area contributed by atoms with Crippen molar-refractivity contribution in [1.82, 2.24) is 14.7 Å². The van der Waals surface area contributed by atoms with Gasteiger partial charge >= 0.3 is 5.97 Å². The summed E-state index contributed by atoms with van der Waals surface area (Å²) in [6.07, 6.45) is 2.04. The standard InChI is InChI=1S/C11H12N4O5S/c12-9(16)4-7(11(17)18)15-21(19,20)8-5-14-10-6(8)2-1-3-13-10/h1-3,5,7,15H,4H2,(H2,12,16)(H,13,14)(H,17,18)/t7-/m0/s1. The largest absolute Gasteiger partial charge is 0.480 e. The maximum atomic E-state index is 12.2. The molecule has 0 saturated carbocycles. The predicted octanol–water partition coefficient (Wildman–Crippen LogP) is -0.830. The van der Waals surface area contributed by atoms with Gasteiger partial charge in [0.05, 0.1) is 6.42 Å². The van der Waals surface area contributed by atoms with Crippen molar-refractivity contribution < 1.29 is 23.1 Å². The van der Waals surface area contributed by atoms with Gasteiger partial charge in [-0.15, -0.1) is 0 Å². The molecule has 0 radical (unpaired) electrons. The van der Waals surface area contributed by atoms with Crippen LogP contribution in [0.2, 0.25) is 0 Å². The van der Waals surface area contributed by atoms with Crippen molar-refractivity contribution in [3.63, 3.8) is 0 Å². The van der Waals surface area contributed by atoms with E-state index >= 15 is 0 Å². The SMILES string of the molecule is NC(=O)C[C@H](NS(=O)(=O)c1c[nH]c2ncccc12)C(=O)O. The molecule has 0 unspecified atom stereocenters. The highest BCUT2D eigenvalue weighted by Crippen LogP contribution is 2.21. The number of H-pyrrole nitrogens is 1. The molecule has 112 valence electrons. The number of sulfonamides is 1. The average molecular weight is 312 g/mol. The molecule has 0 aliphatic heterocycles. The van der Waals surface area contributed by atoms with E-state index in [0.29, 0.717) is 11.0 Å². The maximum Gasteiger partial charge on any atom is 0.322 e. The number of fused-ring (bicyclic) bond motifs is 1. The topological polar surface area (TPSA) is 155 Å². The Balaban J connectivity index is 2.37. The number of aromatic amines is 1. The fourth-order valence-electron chi connectivity index (χ4n) is 1.78. The molecule has 0 aliphatic carbocycles. The number of rotatable bonds is 6. The minimum absolute atomic E-state index is 0.152. The number of hydrogen-bond donors (Lipinski definition) is 4. The van der Waals surface area contributed by atoms with E-state index in [1.165, 1.54) is 18.5 Å². The van der Waals surface area contributed by atoms with Crippen molar-refractivity contribution in [1.29, 1.82) is 0 Å². The summed E-state index contributed by atoms with van der Waals surface area (Å²) in [6, 6.07) is 1.44. The number of carboxylic acids is 1. The smallest absolute Gasteiger partial charge is 0.322 e. The van der Waals surface area contributed by atoms with E-state index in [1.54, 1.807) is 6.07 Å². The zero-order valence-corrected chi connectivity index (χ0v) is 11.4. The second-order valence-corrected chi connectivity index (χ2v) is 5.92. The molecule has 0 saturated heterocycles. The van der Waals surface area contributed by atoms with Crippen molar-refractivity contribution in [2.45, 2.75) is 17.4 Å². The second-order valence-electron chi connectivity index (χ2n) is 4.24. The lowest BCUT2D eigenvalue weighted by Gasteiger charge is -2.12. The van der Waals surface area contributed by atoms with Gasteiger partial charge in [0.2, 0.25) is 15.9 Å². The Morgan fingerprint density at radius 1 is 1.48 bits per heavy atom. The molecular weight excluding hydrogens is 300 g/mol.